The second kappa shape index (κ2) is 6.60. The monoisotopic (exact) mass is 267 g/mol. The first-order chi connectivity index (χ1) is 8.80. The molecule has 0 aliphatic rings. The van der Waals surface area contributed by atoms with E-state index in [4.69, 9.17) is 5.11 Å². The summed E-state index contributed by atoms with van der Waals surface area (Å²) in [6.07, 6.45) is 0. The summed E-state index contributed by atoms with van der Waals surface area (Å²) in [7, 11) is 3.79. The van der Waals surface area contributed by atoms with Gasteiger partial charge >= 0.3 is 5.97 Å². The maximum atomic E-state index is 10.8. The maximum absolute atomic E-state index is 10.8. The van der Waals surface area contributed by atoms with Crippen molar-refractivity contribution in [3.63, 3.8) is 0 Å². The Morgan fingerprint density at radius 1 is 1.47 bits per heavy atom. The van der Waals surface area contributed by atoms with Crippen LogP contribution >= 0.6 is 0 Å². The van der Waals surface area contributed by atoms with Crippen molar-refractivity contribution in [2.45, 2.75) is 19.1 Å². The highest BCUT2D eigenvalue weighted by Gasteiger charge is 2.20. The van der Waals surface area contributed by atoms with Gasteiger partial charge in [0.25, 0.3) is 0 Å². The number of nitrogens with one attached hydrogen (secondary N) is 1. The van der Waals surface area contributed by atoms with Crippen molar-refractivity contribution in [1.82, 2.24) is 15.2 Å². The average molecular weight is 267 g/mol. The van der Waals surface area contributed by atoms with Gasteiger partial charge in [-0.15, -0.1) is 0 Å². The molecule has 0 aliphatic heterocycles. The molecule has 1 unspecified atom stereocenters. The molecule has 0 aliphatic carbocycles. The van der Waals surface area contributed by atoms with Gasteiger partial charge in [0.1, 0.15) is 5.69 Å². The first kappa shape index (κ1) is 15.6. The van der Waals surface area contributed by atoms with E-state index in [0.29, 0.717) is 25.3 Å². The molecule has 19 heavy (non-hydrogen) atoms. The summed E-state index contributed by atoms with van der Waals surface area (Å²) in [6, 6.07) is 4.86. The topological polar surface area (TPSA) is 85.7 Å². The number of rotatable bonds is 7. The van der Waals surface area contributed by atoms with E-state index in [1.807, 2.05) is 19.0 Å². The summed E-state index contributed by atoms with van der Waals surface area (Å²) in [5, 5.41) is 22.0. The predicted molar refractivity (Wildman–Crippen MR) is 72.1 cm³/mol. The highest BCUT2D eigenvalue weighted by molar-refractivity contribution is 5.85. The third kappa shape index (κ3) is 5.78. The van der Waals surface area contributed by atoms with Crippen LogP contribution < -0.4 is 5.32 Å². The smallest absolute Gasteiger partial charge is 0.354 e. The predicted octanol–water partition coefficient (Wildman–Crippen LogP) is 0.182. The Morgan fingerprint density at radius 3 is 2.74 bits per heavy atom. The van der Waals surface area contributed by atoms with Gasteiger partial charge in [-0.3, -0.25) is 0 Å². The first-order valence-electron chi connectivity index (χ1n) is 6.07. The van der Waals surface area contributed by atoms with Gasteiger partial charge in [-0.25, -0.2) is 9.78 Å². The fraction of sp³-hybridized carbons (Fsp3) is 0.538. The molecule has 0 amide bonds. The second-order valence-electron chi connectivity index (χ2n) is 5.16. The van der Waals surface area contributed by atoms with Crippen LogP contribution in [-0.4, -0.2) is 58.9 Å². The van der Waals surface area contributed by atoms with Gasteiger partial charge in [-0.1, -0.05) is 6.07 Å². The fourth-order valence-electron chi connectivity index (χ4n) is 1.89. The lowest BCUT2D eigenvalue weighted by Crippen LogP contribution is -2.45. The number of carboxylic acid groups (broad SMARTS) is 1. The zero-order chi connectivity index (χ0) is 14.5. The summed E-state index contributed by atoms with van der Waals surface area (Å²) in [4.78, 5) is 16.7. The van der Waals surface area contributed by atoms with Gasteiger partial charge in [-0.05, 0) is 33.2 Å². The molecule has 6 nitrogen and oxygen atoms in total. The van der Waals surface area contributed by atoms with Gasteiger partial charge in [0, 0.05) is 19.6 Å². The number of aromatic nitrogens is 1. The van der Waals surface area contributed by atoms with Gasteiger partial charge in [0.15, 0.2) is 0 Å². The third-order valence-corrected chi connectivity index (χ3v) is 2.49. The summed E-state index contributed by atoms with van der Waals surface area (Å²) in [6.45, 7) is 3.12. The number of nitrogens with zero attached hydrogens (tertiary/aromatic N) is 2. The number of carboxylic acids is 1. The van der Waals surface area contributed by atoms with Crippen LogP contribution in [-0.2, 0) is 6.54 Å². The molecule has 0 saturated heterocycles. The fourth-order valence-corrected chi connectivity index (χ4v) is 1.89. The molecule has 3 N–H and O–H groups in total. The minimum absolute atomic E-state index is 0.0272. The van der Waals surface area contributed by atoms with E-state index in [9.17, 15) is 9.90 Å². The highest BCUT2D eigenvalue weighted by Crippen LogP contribution is 2.04. The Hall–Kier alpha value is -1.50. The van der Waals surface area contributed by atoms with Crippen LogP contribution in [0, 0.1) is 0 Å². The van der Waals surface area contributed by atoms with E-state index in [0.717, 1.165) is 0 Å². The van der Waals surface area contributed by atoms with E-state index >= 15 is 0 Å². The minimum atomic E-state index is -1.04. The summed E-state index contributed by atoms with van der Waals surface area (Å²) in [5.74, 6) is -1.04. The van der Waals surface area contributed by atoms with Crippen molar-refractivity contribution >= 4 is 5.97 Å². The average Bonchev–Trinajstić information content (AvgIpc) is 2.27. The van der Waals surface area contributed by atoms with Gasteiger partial charge in [-0.2, -0.15) is 0 Å². The summed E-state index contributed by atoms with van der Waals surface area (Å²) >= 11 is 0. The van der Waals surface area contributed by atoms with Crippen LogP contribution in [0.15, 0.2) is 18.2 Å². The number of aliphatic hydroxyl groups is 1. The lowest BCUT2D eigenvalue weighted by Gasteiger charge is -2.27. The van der Waals surface area contributed by atoms with E-state index in [1.165, 1.54) is 6.07 Å². The molecular weight excluding hydrogens is 246 g/mol. The lowest BCUT2D eigenvalue weighted by molar-refractivity contribution is 0.0335. The quantitative estimate of drug-likeness (QED) is 0.653. The molecule has 6 heteroatoms. The zero-order valence-electron chi connectivity index (χ0n) is 11.6. The van der Waals surface area contributed by atoms with Crippen molar-refractivity contribution in [3.8, 4) is 0 Å². The Kier molecular flexibility index (Phi) is 5.41. The first-order valence-corrected chi connectivity index (χ1v) is 6.07. The molecule has 0 aromatic carbocycles. The Labute approximate surface area is 113 Å². The molecule has 0 saturated carbocycles. The molecule has 0 bridgehead atoms. The van der Waals surface area contributed by atoms with E-state index in [-0.39, 0.29) is 5.69 Å². The Morgan fingerprint density at radius 2 is 2.16 bits per heavy atom. The van der Waals surface area contributed by atoms with Gasteiger partial charge < -0.3 is 20.4 Å². The number of carbonyl (C=O) groups is 1. The molecule has 1 heterocycles. The third-order valence-electron chi connectivity index (χ3n) is 2.49. The molecule has 1 aromatic rings. The number of hydrogen-bond donors (Lipinski definition) is 3. The van der Waals surface area contributed by atoms with Crippen molar-refractivity contribution in [2.75, 3.05) is 27.2 Å². The lowest BCUT2D eigenvalue weighted by atomic mass is 10.1. The van der Waals surface area contributed by atoms with Gasteiger partial charge in [0.05, 0.1) is 11.3 Å². The summed E-state index contributed by atoms with van der Waals surface area (Å²) < 4.78 is 0. The maximum Gasteiger partial charge on any atom is 0.354 e. The molecule has 0 radical (unpaired) electrons. The van der Waals surface area contributed by atoms with Crippen LogP contribution in [0.5, 0.6) is 0 Å². The molecule has 0 fully saturated rings. The van der Waals surface area contributed by atoms with Gasteiger partial charge in [0.2, 0.25) is 0 Å². The molecule has 1 aromatic heterocycles. The van der Waals surface area contributed by atoms with Crippen LogP contribution in [0.3, 0.4) is 0 Å². The molecule has 0 spiro atoms. The SMILES string of the molecule is CN(C)CC(C)(O)CNCc1cccc(C(=O)O)n1. The minimum Gasteiger partial charge on any atom is -0.477 e. The molecular formula is C13H21N3O3. The highest BCUT2D eigenvalue weighted by atomic mass is 16.4. The number of hydrogen-bond acceptors (Lipinski definition) is 5. The van der Waals surface area contributed by atoms with Crippen molar-refractivity contribution in [1.29, 1.82) is 0 Å². The Bertz CT molecular complexity index is 433. The second-order valence-corrected chi connectivity index (χ2v) is 5.16. The van der Waals surface area contributed by atoms with Crippen molar-refractivity contribution in [2.24, 2.45) is 0 Å². The largest absolute Gasteiger partial charge is 0.477 e. The van der Waals surface area contributed by atoms with E-state index < -0.39 is 11.6 Å². The van der Waals surface area contributed by atoms with Crippen LogP contribution in [0.2, 0.25) is 0 Å². The zero-order valence-corrected chi connectivity index (χ0v) is 11.6. The Balaban J connectivity index is 2.49. The van der Waals surface area contributed by atoms with E-state index in [2.05, 4.69) is 10.3 Å². The number of aromatic carboxylic acids is 1. The van der Waals surface area contributed by atoms with Crippen LogP contribution in [0.25, 0.3) is 0 Å². The summed E-state index contributed by atoms with van der Waals surface area (Å²) in [5.41, 5.74) is -0.173. The molecule has 1 rings (SSSR count). The van der Waals surface area contributed by atoms with Crippen LogP contribution in [0.1, 0.15) is 23.1 Å². The standard InChI is InChI=1S/C13H21N3O3/c1-13(19,9-16(2)3)8-14-7-10-5-4-6-11(15-10)12(17)18/h4-6,14,19H,7-9H2,1-3H3,(H,17,18). The molecule has 1 atom stereocenters. The molecule has 106 valence electrons. The van der Waals surface area contributed by atoms with E-state index in [1.54, 1.807) is 19.1 Å². The van der Waals surface area contributed by atoms with Crippen molar-refractivity contribution in [3.05, 3.63) is 29.6 Å². The number of pyridine rings is 1. The van der Waals surface area contributed by atoms with Crippen molar-refractivity contribution < 1.29 is 15.0 Å². The van der Waals surface area contributed by atoms with Crippen LogP contribution in [0.4, 0.5) is 0 Å². The normalized spacial score (nSPS) is 14.4. The number of likely N-dealkylation sites (N-methyl/N-ethyl adjacent to an activating group) is 1.